The predicted molar refractivity (Wildman–Crippen MR) is 99.6 cm³/mol. The lowest BCUT2D eigenvalue weighted by Gasteiger charge is -2.16. The number of pyridine rings is 1. The third-order valence-electron chi connectivity index (χ3n) is 4.24. The summed E-state index contributed by atoms with van der Waals surface area (Å²) in [7, 11) is 1.54. The molecule has 0 radical (unpaired) electrons. The summed E-state index contributed by atoms with van der Waals surface area (Å²) in [5, 5.41) is 0.479. The van der Waals surface area contributed by atoms with Crippen molar-refractivity contribution in [2.45, 2.75) is 6.54 Å². The SMILES string of the molecule is CN(Cc1nc2ccccc2c(=O)[nH]1)C(=O)c1cnc2ccccn2c1=O. The molecule has 0 aliphatic carbocycles. The average molecular weight is 361 g/mol. The Hall–Kier alpha value is -3.81. The second kappa shape index (κ2) is 6.49. The molecule has 27 heavy (non-hydrogen) atoms. The zero-order chi connectivity index (χ0) is 19.0. The van der Waals surface area contributed by atoms with E-state index in [2.05, 4.69) is 15.0 Å². The monoisotopic (exact) mass is 361 g/mol. The van der Waals surface area contributed by atoms with Crippen LogP contribution in [0.4, 0.5) is 0 Å². The highest BCUT2D eigenvalue weighted by atomic mass is 16.2. The maximum absolute atomic E-state index is 12.7. The van der Waals surface area contributed by atoms with Crippen molar-refractivity contribution < 1.29 is 4.79 Å². The lowest BCUT2D eigenvalue weighted by molar-refractivity contribution is 0.0779. The van der Waals surface area contributed by atoms with Crippen molar-refractivity contribution in [2.75, 3.05) is 7.05 Å². The number of benzene rings is 1. The number of hydrogen-bond acceptors (Lipinski definition) is 5. The van der Waals surface area contributed by atoms with Gasteiger partial charge in [0, 0.05) is 19.4 Å². The highest BCUT2D eigenvalue weighted by molar-refractivity contribution is 5.93. The molecule has 0 aliphatic heterocycles. The standard InChI is InChI=1S/C19H15N5O3/c1-23(11-15-21-14-7-3-2-6-12(14)17(25)22-15)18(26)13-10-20-16-8-4-5-9-24(16)19(13)27/h2-10H,11H2,1H3,(H,21,22,25). The minimum atomic E-state index is -0.499. The third-order valence-corrected chi connectivity index (χ3v) is 4.24. The van der Waals surface area contributed by atoms with Gasteiger partial charge in [-0.15, -0.1) is 0 Å². The first-order chi connectivity index (χ1) is 13.0. The lowest BCUT2D eigenvalue weighted by atomic mass is 10.2. The van der Waals surface area contributed by atoms with E-state index in [1.165, 1.54) is 22.5 Å². The van der Waals surface area contributed by atoms with E-state index in [0.717, 1.165) is 0 Å². The molecular formula is C19H15N5O3. The molecule has 8 heteroatoms. The Labute approximate surface area is 152 Å². The number of para-hydroxylation sites is 1. The van der Waals surface area contributed by atoms with Gasteiger partial charge in [0.15, 0.2) is 0 Å². The molecule has 0 bridgehead atoms. The fraction of sp³-hybridized carbons (Fsp3) is 0.105. The van der Waals surface area contributed by atoms with E-state index >= 15 is 0 Å². The van der Waals surface area contributed by atoms with Crippen LogP contribution < -0.4 is 11.1 Å². The van der Waals surface area contributed by atoms with Crippen molar-refractivity contribution in [1.82, 2.24) is 24.3 Å². The van der Waals surface area contributed by atoms with E-state index in [0.29, 0.717) is 22.4 Å². The Bertz CT molecular complexity index is 1290. The van der Waals surface area contributed by atoms with Crippen LogP contribution in [0.3, 0.4) is 0 Å². The molecule has 0 saturated heterocycles. The van der Waals surface area contributed by atoms with Gasteiger partial charge in [0.05, 0.1) is 17.4 Å². The number of aromatic nitrogens is 4. The van der Waals surface area contributed by atoms with Crippen molar-refractivity contribution >= 4 is 22.5 Å². The maximum atomic E-state index is 12.7. The van der Waals surface area contributed by atoms with E-state index in [1.54, 1.807) is 48.7 Å². The summed E-state index contributed by atoms with van der Waals surface area (Å²) in [4.78, 5) is 49.9. The molecule has 0 atom stereocenters. The van der Waals surface area contributed by atoms with Crippen LogP contribution in [0.1, 0.15) is 16.2 Å². The van der Waals surface area contributed by atoms with Crippen molar-refractivity contribution in [3.8, 4) is 0 Å². The number of nitrogens with zero attached hydrogens (tertiary/aromatic N) is 4. The molecule has 8 nitrogen and oxygen atoms in total. The summed E-state index contributed by atoms with van der Waals surface area (Å²) in [6.45, 7) is 0.0514. The van der Waals surface area contributed by atoms with Gasteiger partial charge >= 0.3 is 0 Å². The topological polar surface area (TPSA) is 100 Å². The highest BCUT2D eigenvalue weighted by Crippen LogP contribution is 2.08. The quantitative estimate of drug-likeness (QED) is 0.591. The second-order valence-corrected chi connectivity index (χ2v) is 6.10. The van der Waals surface area contributed by atoms with Crippen molar-refractivity contribution in [1.29, 1.82) is 0 Å². The Morgan fingerprint density at radius 1 is 1.15 bits per heavy atom. The van der Waals surface area contributed by atoms with Gasteiger partial charge in [-0.1, -0.05) is 18.2 Å². The van der Waals surface area contributed by atoms with Crippen LogP contribution in [-0.4, -0.2) is 37.2 Å². The molecule has 0 spiro atoms. The molecule has 0 aliphatic rings. The first-order valence-corrected chi connectivity index (χ1v) is 8.24. The molecule has 4 aromatic rings. The van der Waals surface area contributed by atoms with Crippen LogP contribution in [0.15, 0.2) is 64.4 Å². The normalized spacial score (nSPS) is 11.0. The summed E-state index contributed by atoms with van der Waals surface area (Å²) in [6, 6.07) is 12.1. The number of rotatable bonds is 3. The zero-order valence-electron chi connectivity index (χ0n) is 14.4. The number of fused-ring (bicyclic) bond motifs is 2. The molecule has 1 aromatic carbocycles. The molecule has 1 N–H and O–H groups in total. The number of carbonyl (C=O) groups excluding carboxylic acids is 1. The van der Waals surface area contributed by atoms with Gasteiger partial charge in [0.1, 0.15) is 17.0 Å². The van der Waals surface area contributed by atoms with Crippen LogP contribution in [0.25, 0.3) is 16.6 Å². The molecule has 4 rings (SSSR count). The van der Waals surface area contributed by atoms with Gasteiger partial charge < -0.3 is 9.88 Å². The Morgan fingerprint density at radius 2 is 1.93 bits per heavy atom. The number of hydrogen-bond donors (Lipinski definition) is 1. The van der Waals surface area contributed by atoms with Gasteiger partial charge in [-0.2, -0.15) is 0 Å². The molecule has 0 unspecified atom stereocenters. The Morgan fingerprint density at radius 3 is 2.78 bits per heavy atom. The maximum Gasteiger partial charge on any atom is 0.270 e. The summed E-state index contributed by atoms with van der Waals surface area (Å²) in [5.41, 5.74) is 0.234. The average Bonchev–Trinajstić information content (AvgIpc) is 2.68. The van der Waals surface area contributed by atoms with Crippen LogP contribution in [0.2, 0.25) is 0 Å². The van der Waals surface area contributed by atoms with E-state index in [4.69, 9.17) is 0 Å². The fourth-order valence-corrected chi connectivity index (χ4v) is 2.89. The van der Waals surface area contributed by atoms with E-state index in [9.17, 15) is 14.4 Å². The summed E-state index contributed by atoms with van der Waals surface area (Å²) >= 11 is 0. The van der Waals surface area contributed by atoms with Crippen LogP contribution in [0, 0.1) is 0 Å². The summed E-state index contributed by atoms with van der Waals surface area (Å²) in [6.07, 6.45) is 2.83. The number of aromatic amines is 1. The predicted octanol–water partition coefficient (Wildman–Crippen LogP) is 1.20. The van der Waals surface area contributed by atoms with Crippen LogP contribution in [0.5, 0.6) is 0 Å². The molecule has 0 fully saturated rings. The number of amides is 1. The van der Waals surface area contributed by atoms with Gasteiger partial charge in [0.25, 0.3) is 17.0 Å². The Kier molecular flexibility index (Phi) is 4.00. The largest absolute Gasteiger partial charge is 0.334 e. The molecule has 0 saturated carbocycles. The number of nitrogens with one attached hydrogen (secondary N) is 1. The van der Waals surface area contributed by atoms with Gasteiger partial charge in [-0.25, -0.2) is 9.97 Å². The minimum Gasteiger partial charge on any atom is -0.334 e. The molecule has 134 valence electrons. The van der Waals surface area contributed by atoms with Crippen molar-refractivity contribution in [3.63, 3.8) is 0 Å². The van der Waals surface area contributed by atoms with Crippen molar-refractivity contribution in [2.24, 2.45) is 0 Å². The summed E-state index contributed by atoms with van der Waals surface area (Å²) < 4.78 is 1.32. The second-order valence-electron chi connectivity index (χ2n) is 6.10. The van der Waals surface area contributed by atoms with E-state index in [-0.39, 0.29) is 17.7 Å². The highest BCUT2D eigenvalue weighted by Gasteiger charge is 2.18. The first-order valence-electron chi connectivity index (χ1n) is 8.24. The zero-order valence-corrected chi connectivity index (χ0v) is 14.4. The van der Waals surface area contributed by atoms with Gasteiger partial charge in [-0.3, -0.25) is 18.8 Å². The molecule has 3 aromatic heterocycles. The van der Waals surface area contributed by atoms with Gasteiger partial charge in [-0.05, 0) is 24.3 Å². The van der Waals surface area contributed by atoms with Crippen LogP contribution >= 0.6 is 0 Å². The van der Waals surface area contributed by atoms with Crippen molar-refractivity contribution in [3.05, 3.63) is 87.0 Å². The lowest BCUT2D eigenvalue weighted by Crippen LogP contribution is -2.33. The number of H-pyrrole nitrogens is 1. The molecule has 3 heterocycles. The smallest absolute Gasteiger partial charge is 0.270 e. The van der Waals surface area contributed by atoms with Crippen LogP contribution in [-0.2, 0) is 6.54 Å². The van der Waals surface area contributed by atoms with E-state index in [1.807, 2.05) is 0 Å². The summed E-state index contributed by atoms with van der Waals surface area (Å²) in [5.74, 6) is -0.162. The van der Waals surface area contributed by atoms with E-state index < -0.39 is 11.5 Å². The third kappa shape index (κ3) is 2.97. The first kappa shape index (κ1) is 16.6. The van der Waals surface area contributed by atoms with Gasteiger partial charge in [0.2, 0.25) is 0 Å². The minimum absolute atomic E-state index is 0.0514. The Balaban J connectivity index is 1.66. The molecular weight excluding hydrogens is 346 g/mol. The molecule has 1 amide bonds. The number of carbonyl (C=O) groups is 1. The fourth-order valence-electron chi connectivity index (χ4n) is 2.89.